The summed E-state index contributed by atoms with van der Waals surface area (Å²) in [6.45, 7) is 5.69. The summed E-state index contributed by atoms with van der Waals surface area (Å²) in [5, 5.41) is 3.07. The predicted octanol–water partition coefficient (Wildman–Crippen LogP) is 4.75. The molecule has 0 bridgehead atoms. The maximum atomic E-state index is 11.6. The van der Waals surface area contributed by atoms with Gasteiger partial charge in [0.25, 0.3) is 0 Å². The van der Waals surface area contributed by atoms with Crippen molar-refractivity contribution in [2.24, 2.45) is 5.41 Å². The van der Waals surface area contributed by atoms with Crippen LogP contribution in [0, 0.1) is 5.41 Å². The molecule has 0 heterocycles. The monoisotopic (exact) mass is 359 g/mol. The number of halogens is 2. The van der Waals surface area contributed by atoms with Gasteiger partial charge in [0.05, 0.1) is 5.69 Å². The van der Waals surface area contributed by atoms with Crippen LogP contribution in [0.4, 0.5) is 5.69 Å². The van der Waals surface area contributed by atoms with E-state index in [0.29, 0.717) is 0 Å². The zero-order valence-corrected chi connectivity index (χ0v) is 13.2. The van der Waals surface area contributed by atoms with Crippen LogP contribution >= 0.6 is 31.9 Å². The molecule has 1 N–H and O–H groups in total. The lowest BCUT2D eigenvalue weighted by Gasteiger charge is -2.13. The number of hydrogen-bond acceptors (Lipinski definition) is 2. The maximum absolute atomic E-state index is 11.6. The SMILES string of the molecule is CC(C)(C)C(=O)/C=C/Nc1ccc(Br)cc1Br. The van der Waals surface area contributed by atoms with Crippen molar-refractivity contribution in [2.45, 2.75) is 20.8 Å². The molecule has 0 radical (unpaired) electrons. The minimum Gasteiger partial charge on any atom is -0.361 e. The zero-order chi connectivity index (χ0) is 13.1. The third-order valence-electron chi connectivity index (χ3n) is 2.14. The smallest absolute Gasteiger partial charge is 0.162 e. The number of ketones is 1. The average molecular weight is 361 g/mol. The highest BCUT2D eigenvalue weighted by molar-refractivity contribution is 9.11. The molecule has 1 aromatic carbocycles. The predicted molar refractivity (Wildman–Crippen MR) is 79.1 cm³/mol. The minimum absolute atomic E-state index is 0.0956. The van der Waals surface area contributed by atoms with E-state index in [1.54, 1.807) is 12.3 Å². The molecule has 1 aromatic rings. The van der Waals surface area contributed by atoms with Crippen molar-refractivity contribution in [3.63, 3.8) is 0 Å². The van der Waals surface area contributed by atoms with Gasteiger partial charge >= 0.3 is 0 Å². The van der Waals surface area contributed by atoms with Crippen LogP contribution in [0.1, 0.15) is 20.8 Å². The van der Waals surface area contributed by atoms with Crippen molar-refractivity contribution in [3.8, 4) is 0 Å². The number of carbonyl (C=O) groups is 1. The van der Waals surface area contributed by atoms with E-state index >= 15 is 0 Å². The summed E-state index contributed by atoms with van der Waals surface area (Å²) in [7, 11) is 0. The van der Waals surface area contributed by atoms with E-state index in [2.05, 4.69) is 37.2 Å². The summed E-state index contributed by atoms with van der Waals surface area (Å²) in [5.74, 6) is 0.0956. The van der Waals surface area contributed by atoms with E-state index in [9.17, 15) is 4.79 Å². The zero-order valence-electron chi connectivity index (χ0n) is 10.1. The number of nitrogens with one attached hydrogen (secondary N) is 1. The third kappa shape index (κ3) is 4.64. The van der Waals surface area contributed by atoms with E-state index in [1.165, 1.54) is 0 Å². The normalized spacial score (nSPS) is 11.8. The first-order valence-electron chi connectivity index (χ1n) is 5.23. The van der Waals surface area contributed by atoms with Crippen molar-refractivity contribution in [2.75, 3.05) is 5.32 Å². The first-order valence-corrected chi connectivity index (χ1v) is 6.82. The number of rotatable bonds is 3. The van der Waals surface area contributed by atoms with Gasteiger partial charge in [-0.3, -0.25) is 4.79 Å². The Morgan fingerprint density at radius 3 is 2.47 bits per heavy atom. The quantitative estimate of drug-likeness (QED) is 0.788. The second-order valence-electron chi connectivity index (χ2n) is 4.72. The summed E-state index contributed by atoms with van der Waals surface area (Å²) in [6, 6.07) is 5.81. The Labute approximate surface area is 119 Å². The molecule has 0 spiro atoms. The number of allylic oxidation sites excluding steroid dienone is 1. The fourth-order valence-electron chi connectivity index (χ4n) is 1.06. The molecule has 0 amide bonds. The maximum Gasteiger partial charge on any atom is 0.162 e. The van der Waals surface area contributed by atoms with Crippen LogP contribution in [0.25, 0.3) is 0 Å². The van der Waals surface area contributed by atoms with Crippen LogP contribution in [-0.2, 0) is 4.79 Å². The molecule has 0 aliphatic rings. The summed E-state index contributed by atoms with van der Waals surface area (Å²) in [4.78, 5) is 11.6. The topological polar surface area (TPSA) is 29.1 Å². The fourth-order valence-corrected chi connectivity index (χ4v) is 2.23. The lowest BCUT2D eigenvalue weighted by molar-refractivity contribution is -0.121. The third-order valence-corrected chi connectivity index (χ3v) is 3.29. The highest BCUT2D eigenvalue weighted by Gasteiger charge is 2.17. The minimum atomic E-state index is -0.338. The van der Waals surface area contributed by atoms with Crippen molar-refractivity contribution in [1.29, 1.82) is 0 Å². The van der Waals surface area contributed by atoms with Crippen molar-refractivity contribution in [3.05, 3.63) is 39.4 Å². The molecule has 2 nitrogen and oxygen atoms in total. The molecular weight excluding hydrogens is 346 g/mol. The van der Waals surface area contributed by atoms with Gasteiger partial charge in [-0.05, 0) is 40.2 Å². The summed E-state index contributed by atoms with van der Waals surface area (Å²) in [5.41, 5.74) is 0.584. The second kappa shape index (κ2) is 5.83. The van der Waals surface area contributed by atoms with Gasteiger partial charge in [0.2, 0.25) is 0 Å². The second-order valence-corrected chi connectivity index (χ2v) is 6.49. The Morgan fingerprint density at radius 1 is 1.29 bits per heavy atom. The summed E-state index contributed by atoms with van der Waals surface area (Å²) >= 11 is 6.83. The molecular formula is C13H15Br2NO. The van der Waals surface area contributed by atoms with Gasteiger partial charge in [-0.25, -0.2) is 0 Å². The standard InChI is InChI=1S/C13H15Br2NO/c1-13(2,3)12(17)6-7-16-11-5-4-9(14)8-10(11)15/h4-8,16H,1-3H3/b7-6+. The van der Waals surface area contributed by atoms with E-state index in [0.717, 1.165) is 14.6 Å². The molecule has 0 aliphatic heterocycles. The first-order chi connectivity index (χ1) is 7.80. The lowest BCUT2D eigenvalue weighted by atomic mass is 9.91. The van der Waals surface area contributed by atoms with E-state index < -0.39 is 0 Å². The molecule has 0 saturated heterocycles. The largest absolute Gasteiger partial charge is 0.361 e. The Balaban J connectivity index is 2.68. The van der Waals surface area contributed by atoms with Gasteiger partial charge in [0.15, 0.2) is 5.78 Å². The molecule has 92 valence electrons. The van der Waals surface area contributed by atoms with Crippen LogP contribution in [0.2, 0.25) is 0 Å². The van der Waals surface area contributed by atoms with Crippen LogP contribution < -0.4 is 5.32 Å². The number of carbonyl (C=O) groups excluding carboxylic acids is 1. The van der Waals surface area contributed by atoms with Crippen molar-refractivity contribution < 1.29 is 4.79 Å². The molecule has 4 heteroatoms. The Kier molecular flexibility index (Phi) is 4.95. The average Bonchev–Trinajstić information content (AvgIpc) is 2.19. The lowest BCUT2D eigenvalue weighted by Crippen LogP contribution is -2.17. The molecule has 17 heavy (non-hydrogen) atoms. The highest BCUT2D eigenvalue weighted by Crippen LogP contribution is 2.26. The van der Waals surface area contributed by atoms with E-state index in [4.69, 9.17) is 0 Å². The molecule has 0 saturated carbocycles. The fraction of sp³-hybridized carbons (Fsp3) is 0.308. The Hall–Kier alpha value is -0.610. The van der Waals surface area contributed by atoms with Gasteiger partial charge in [-0.15, -0.1) is 0 Å². The number of hydrogen-bond donors (Lipinski definition) is 1. The highest BCUT2D eigenvalue weighted by atomic mass is 79.9. The molecule has 0 atom stereocenters. The summed E-state index contributed by atoms with van der Waals surface area (Å²) in [6.07, 6.45) is 3.23. The molecule has 1 rings (SSSR count). The van der Waals surface area contributed by atoms with Crippen LogP contribution in [0.5, 0.6) is 0 Å². The van der Waals surface area contributed by atoms with Crippen molar-refractivity contribution >= 4 is 43.3 Å². The van der Waals surface area contributed by atoms with Gasteiger partial charge in [-0.1, -0.05) is 36.7 Å². The van der Waals surface area contributed by atoms with Crippen molar-refractivity contribution in [1.82, 2.24) is 0 Å². The first kappa shape index (κ1) is 14.5. The Morgan fingerprint density at radius 2 is 1.94 bits per heavy atom. The van der Waals surface area contributed by atoms with E-state index in [1.807, 2.05) is 39.0 Å². The van der Waals surface area contributed by atoms with Gasteiger partial charge in [0.1, 0.15) is 0 Å². The van der Waals surface area contributed by atoms with E-state index in [-0.39, 0.29) is 11.2 Å². The van der Waals surface area contributed by atoms with Gasteiger partial charge in [-0.2, -0.15) is 0 Å². The molecule has 0 fully saturated rings. The molecule has 0 unspecified atom stereocenters. The Bertz CT molecular complexity index is 447. The number of anilines is 1. The van der Waals surface area contributed by atoms with Gasteiger partial charge < -0.3 is 5.32 Å². The summed E-state index contributed by atoms with van der Waals surface area (Å²) < 4.78 is 1.95. The van der Waals surface area contributed by atoms with Gasteiger partial charge in [0, 0.05) is 20.6 Å². The molecule has 0 aliphatic carbocycles. The van der Waals surface area contributed by atoms with Crippen LogP contribution in [0.3, 0.4) is 0 Å². The molecule has 0 aromatic heterocycles. The van der Waals surface area contributed by atoms with Crippen LogP contribution in [-0.4, -0.2) is 5.78 Å². The number of benzene rings is 1. The van der Waals surface area contributed by atoms with Crippen LogP contribution in [0.15, 0.2) is 39.4 Å².